The maximum Gasteiger partial charge on any atom is 0.309 e. The standard InChI is InChI=1S/C11H12O2/c12-11-9-5-1-3-4-2-6(7(3)9)10(13-11)8(4)5/h3-10H,1-2H2/t3-,4+,5+,6+,7-,8-,9+,10-/m0/s1. The van der Waals surface area contributed by atoms with Crippen molar-refractivity contribution in [2.24, 2.45) is 41.4 Å². The van der Waals surface area contributed by atoms with Crippen LogP contribution in [0.5, 0.6) is 0 Å². The molecule has 0 spiro atoms. The van der Waals surface area contributed by atoms with Crippen LogP contribution in [0.25, 0.3) is 0 Å². The lowest BCUT2D eigenvalue weighted by Gasteiger charge is -2.50. The highest BCUT2D eigenvalue weighted by atomic mass is 16.5. The zero-order chi connectivity index (χ0) is 8.32. The molecule has 4 aliphatic carbocycles. The SMILES string of the molecule is O=C1O[C@H]2[C@@H]3C[C@@H]4[C@@H]5C[C@@H]([C@@H]1[C@@H]53)[C@H]42. The first-order chi connectivity index (χ1) is 6.36. The maximum absolute atomic E-state index is 11.6. The van der Waals surface area contributed by atoms with Crippen molar-refractivity contribution < 1.29 is 9.53 Å². The van der Waals surface area contributed by atoms with Crippen molar-refractivity contribution in [3.63, 3.8) is 0 Å². The van der Waals surface area contributed by atoms with Crippen LogP contribution in [0, 0.1) is 41.4 Å². The summed E-state index contributed by atoms with van der Waals surface area (Å²) in [6, 6.07) is 0. The zero-order valence-electron chi connectivity index (χ0n) is 7.35. The van der Waals surface area contributed by atoms with Crippen LogP contribution in [0.4, 0.5) is 0 Å². The fraction of sp³-hybridized carbons (Fsp3) is 0.909. The molecule has 6 rings (SSSR count). The van der Waals surface area contributed by atoms with Gasteiger partial charge in [0, 0.05) is 11.8 Å². The van der Waals surface area contributed by atoms with Crippen LogP contribution in [-0.4, -0.2) is 12.1 Å². The molecule has 0 amide bonds. The summed E-state index contributed by atoms with van der Waals surface area (Å²) in [4.78, 5) is 11.6. The first-order valence-corrected chi connectivity index (χ1v) is 5.57. The fourth-order valence-corrected chi connectivity index (χ4v) is 5.85. The lowest BCUT2D eigenvalue weighted by molar-refractivity contribution is -0.199. The molecule has 2 saturated heterocycles. The van der Waals surface area contributed by atoms with Crippen molar-refractivity contribution in [2.75, 3.05) is 0 Å². The second-order valence-corrected chi connectivity index (χ2v) is 5.71. The fourth-order valence-electron chi connectivity index (χ4n) is 5.85. The molecule has 0 aromatic carbocycles. The molecule has 6 bridgehead atoms. The number of carbonyl (C=O) groups is 1. The number of ether oxygens (including phenoxy) is 1. The largest absolute Gasteiger partial charge is 0.462 e. The zero-order valence-corrected chi connectivity index (χ0v) is 7.35. The molecule has 0 aromatic heterocycles. The molecule has 2 aliphatic heterocycles. The van der Waals surface area contributed by atoms with E-state index in [2.05, 4.69) is 0 Å². The van der Waals surface area contributed by atoms with Crippen LogP contribution < -0.4 is 0 Å². The van der Waals surface area contributed by atoms with Crippen molar-refractivity contribution >= 4 is 5.97 Å². The van der Waals surface area contributed by atoms with Crippen LogP contribution in [-0.2, 0) is 9.53 Å². The molecule has 0 N–H and O–H groups in total. The Morgan fingerprint density at radius 2 is 1.77 bits per heavy atom. The van der Waals surface area contributed by atoms with Crippen LogP contribution in [0.1, 0.15) is 12.8 Å². The Morgan fingerprint density at radius 3 is 2.69 bits per heavy atom. The van der Waals surface area contributed by atoms with Crippen LogP contribution in [0.15, 0.2) is 0 Å². The van der Waals surface area contributed by atoms with Gasteiger partial charge in [0.2, 0.25) is 0 Å². The predicted octanol–water partition coefficient (Wildman–Crippen LogP) is 1.06. The van der Waals surface area contributed by atoms with Gasteiger partial charge in [0.15, 0.2) is 0 Å². The van der Waals surface area contributed by atoms with E-state index in [9.17, 15) is 4.79 Å². The van der Waals surface area contributed by atoms with Crippen LogP contribution >= 0.6 is 0 Å². The summed E-state index contributed by atoms with van der Waals surface area (Å²) in [5, 5.41) is 0. The van der Waals surface area contributed by atoms with Crippen LogP contribution in [0.3, 0.4) is 0 Å². The van der Waals surface area contributed by atoms with E-state index >= 15 is 0 Å². The van der Waals surface area contributed by atoms with Gasteiger partial charge >= 0.3 is 5.97 Å². The molecule has 6 fully saturated rings. The highest BCUT2D eigenvalue weighted by Gasteiger charge is 2.77. The third kappa shape index (κ3) is 0.388. The third-order valence-electron chi connectivity index (χ3n) is 5.82. The van der Waals surface area contributed by atoms with E-state index < -0.39 is 0 Å². The van der Waals surface area contributed by atoms with Gasteiger partial charge in [0.1, 0.15) is 6.10 Å². The van der Waals surface area contributed by atoms with Crippen molar-refractivity contribution in [3.05, 3.63) is 0 Å². The van der Waals surface area contributed by atoms with E-state index in [1.807, 2.05) is 0 Å². The second-order valence-electron chi connectivity index (χ2n) is 5.71. The Kier molecular flexibility index (Phi) is 0.674. The summed E-state index contributed by atoms with van der Waals surface area (Å²) in [7, 11) is 0. The molecular weight excluding hydrogens is 164 g/mol. The van der Waals surface area contributed by atoms with E-state index in [4.69, 9.17) is 4.74 Å². The number of hydrogen-bond donors (Lipinski definition) is 0. The first-order valence-electron chi connectivity index (χ1n) is 5.57. The Bertz CT molecular complexity index is 335. The van der Waals surface area contributed by atoms with Gasteiger partial charge in [-0.05, 0) is 36.5 Å². The molecule has 0 radical (unpaired) electrons. The number of hydrogen-bond acceptors (Lipinski definition) is 2. The Hall–Kier alpha value is -0.530. The molecule has 13 heavy (non-hydrogen) atoms. The smallest absolute Gasteiger partial charge is 0.309 e. The molecule has 4 saturated carbocycles. The molecule has 2 heterocycles. The lowest BCUT2D eigenvalue weighted by atomic mass is 9.61. The van der Waals surface area contributed by atoms with Gasteiger partial charge in [-0.15, -0.1) is 0 Å². The molecule has 2 heteroatoms. The van der Waals surface area contributed by atoms with Gasteiger partial charge in [-0.3, -0.25) is 4.79 Å². The summed E-state index contributed by atoms with van der Waals surface area (Å²) < 4.78 is 5.53. The number of esters is 1. The second kappa shape index (κ2) is 1.45. The van der Waals surface area contributed by atoms with Gasteiger partial charge in [0.05, 0.1) is 5.92 Å². The Labute approximate surface area is 76.6 Å². The Morgan fingerprint density at radius 1 is 1.00 bits per heavy atom. The van der Waals surface area contributed by atoms with Crippen LogP contribution in [0.2, 0.25) is 0 Å². The highest BCUT2D eigenvalue weighted by molar-refractivity contribution is 5.77. The summed E-state index contributed by atoms with van der Waals surface area (Å²) in [5.74, 6) is 5.54. The molecule has 8 atom stereocenters. The first kappa shape index (κ1) is 6.05. The topological polar surface area (TPSA) is 26.3 Å². The average molecular weight is 176 g/mol. The summed E-state index contributed by atoms with van der Waals surface area (Å²) in [6.45, 7) is 0. The number of fused-ring (bicyclic) bond motifs is 1. The van der Waals surface area contributed by atoms with Crippen molar-refractivity contribution in [2.45, 2.75) is 18.9 Å². The van der Waals surface area contributed by atoms with Gasteiger partial charge in [-0.25, -0.2) is 0 Å². The third-order valence-corrected chi connectivity index (χ3v) is 5.82. The Balaban J connectivity index is 1.84. The van der Waals surface area contributed by atoms with E-state index in [1.165, 1.54) is 12.8 Å². The monoisotopic (exact) mass is 176 g/mol. The molecule has 68 valence electrons. The minimum atomic E-state index is 0.162. The van der Waals surface area contributed by atoms with Crippen molar-refractivity contribution in [1.29, 1.82) is 0 Å². The van der Waals surface area contributed by atoms with Crippen molar-refractivity contribution in [3.8, 4) is 0 Å². The molecular formula is C11H12O2. The molecule has 0 unspecified atom stereocenters. The van der Waals surface area contributed by atoms with Gasteiger partial charge < -0.3 is 4.74 Å². The quantitative estimate of drug-likeness (QED) is 0.516. The predicted molar refractivity (Wildman–Crippen MR) is 43.5 cm³/mol. The lowest BCUT2D eigenvalue weighted by Crippen LogP contribution is -2.56. The van der Waals surface area contributed by atoms with Crippen molar-refractivity contribution in [1.82, 2.24) is 0 Å². The highest BCUT2D eigenvalue weighted by Crippen LogP contribution is 2.76. The molecule has 2 nitrogen and oxygen atoms in total. The van der Waals surface area contributed by atoms with E-state index in [-0.39, 0.29) is 5.97 Å². The maximum atomic E-state index is 11.6. The summed E-state index contributed by atoms with van der Waals surface area (Å²) in [6.07, 6.45) is 3.13. The van der Waals surface area contributed by atoms with Gasteiger partial charge in [0.25, 0.3) is 0 Å². The van der Waals surface area contributed by atoms with E-state index in [0.717, 1.165) is 35.5 Å². The number of carbonyl (C=O) groups excluding carboxylic acids is 1. The van der Waals surface area contributed by atoms with Gasteiger partial charge in [-0.2, -0.15) is 0 Å². The van der Waals surface area contributed by atoms with E-state index in [1.54, 1.807) is 0 Å². The molecule has 6 aliphatic rings. The average Bonchev–Trinajstić information content (AvgIpc) is 2.67. The summed E-state index contributed by atoms with van der Waals surface area (Å²) >= 11 is 0. The van der Waals surface area contributed by atoms with E-state index in [0.29, 0.717) is 12.0 Å². The summed E-state index contributed by atoms with van der Waals surface area (Å²) in [5.41, 5.74) is 0. The number of rotatable bonds is 0. The molecule has 0 aromatic rings. The van der Waals surface area contributed by atoms with Gasteiger partial charge in [-0.1, -0.05) is 0 Å². The normalized spacial score (nSPS) is 74.3. The minimum Gasteiger partial charge on any atom is -0.462 e. The minimum absolute atomic E-state index is 0.162.